The summed E-state index contributed by atoms with van der Waals surface area (Å²) < 4.78 is 8.03. The van der Waals surface area contributed by atoms with Gasteiger partial charge in [-0.1, -0.05) is 13.8 Å². The molecule has 2 heterocycles. The van der Waals surface area contributed by atoms with E-state index in [0.29, 0.717) is 5.92 Å². The number of nitrogens with one attached hydrogen (secondary N) is 2. The Kier molecular flexibility index (Phi) is 9.87. The van der Waals surface area contributed by atoms with Gasteiger partial charge >= 0.3 is 0 Å². The fourth-order valence-corrected chi connectivity index (χ4v) is 3.78. The van der Waals surface area contributed by atoms with Gasteiger partial charge in [0.15, 0.2) is 5.11 Å². The van der Waals surface area contributed by atoms with Gasteiger partial charge in [0.2, 0.25) is 0 Å². The summed E-state index contributed by atoms with van der Waals surface area (Å²) in [7, 11) is 4.08. The number of hydrogen-bond acceptors (Lipinski definition) is 5. The minimum absolute atomic E-state index is 0.448. The molecular weight excluding hydrogens is 390 g/mol. The Bertz CT molecular complexity index is 711. The molecule has 28 heavy (non-hydrogen) atoms. The predicted octanol–water partition coefficient (Wildman–Crippen LogP) is 3.45. The second-order valence-electron chi connectivity index (χ2n) is 7.33. The number of imidazole rings is 1. The van der Waals surface area contributed by atoms with Gasteiger partial charge in [-0.2, -0.15) is 11.8 Å². The molecule has 2 rings (SSSR count). The molecule has 0 unspecified atom stereocenters. The minimum atomic E-state index is 0.448. The Morgan fingerprint density at radius 2 is 2.00 bits per heavy atom. The summed E-state index contributed by atoms with van der Waals surface area (Å²) in [5.41, 5.74) is 0. The highest BCUT2D eigenvalue weighted by molar-refractivity contribution is 7.98. The summed E-state index contributed by atoms with van der Waals surface area (Å²) in [6, 6.07) is 4.12. The fourth-order valence-electron chi connectivity index (χ4n) is 2.83. The van der Waals surface area contributed by atoms with E-state index in [1.165, 1.54) is 0 Å². The van der Waals surface area contributed by atoms with Gasteiger partial charge in [-0.25, -0.2) is 4.98 Å². The minimum Gasteiger partial charge on any atom is -0.464 e. The molecule has 0 atom stereocenters. The fraction of sp³-hybridized carbons (Fsp3) is 0.600. The number of rotatable bonds is 12. The normalized spacial score (nSPS) is 11.4. The molecule has 0 fully saturated rings. The lowest BCUT2D eigenvalue weighted by Crippen LogP contribution is -2.37. The largest absolute Gasteiger partial charge is 0.464 e. The number of thiocarbonyl (C=S) groups is 1. The van der Waals surface area contributed by atoms with Gasteiger partial charge in [-0.3, -0.25) is 0 Å². The van der Waals surface area contributed by atoms with Gasteiger partial charge in [0, 0.05) is 43.7 Å². The molecule has 0 amide bonds. The molecule has 2 N–H and O–H groups in total. The van der Waals surface area contributed by atoms with Crippen molar-refractivity contribution in [2.45, 2.75) is 45.0 Å². The second-order valence-corrected chi connectivity index (χ2v) is 8.84. The number of furan rings is 1. The third kappa shape index (κ3) is 8.24. The van der Waals surface area contributed by atoms with Crippen molar-refractivity contribution in [3.8, 4) is 0 Å². The van der Waals surface area contributed by atoms with E-state index < -0.39 is 0 Å². The van der Waals surface area contributed by atoms with Crippen LogP contribution in [-0.4, -0.2) is 52.5 Å². The number of aromatic nitrogens is 2. The molecule has 0 radical (unpaired) electrons. The molecule has 8 heteroatoms. The molecule has 0 aliphatic rings. The van der Waals surface area contributed by atoms with Crippen molar-refractivity contribution in [2.75, 3.05) is 32.9 Å². The molecule has 2 aromatic rings. The van der Waals surface area contributed by atoms with Gasteiger partial charge in [0.05, 0.1) is 12.3 Å². The maximum atomic E-state index is 5.81. The van der Waals surface area contributed by atoms with Crippen LogP contribution in [0, 0.1) is 0 Å². The van der Waals surface area contributed by atoms with E-state index in [0.717, 1.165) is 66.6 Å². The van der Waals surface area contributed by atoms with E-state index >= 15 is 0 Å². The highest BCUT2D eigenvalue weighted by Gasteiger charge is 2.06. The van der Waals surface area contributed by atoms with Crippen molar-refractivity contribution in [1.29, 1.82) is 0 Å². The van der Waals surface area contributed by atoms with Crippen molar-refractivity contribution >= 4 is 29.1 Å². The summed E-state index contributed by atoms with van der Waals surface area (Å²) in [6.45, 7) is 7.84. The first-order valence-electron chi connectivity index (χ1n) is 9.78. The Labute approximate surface area is 178 Å². The first-order valence-corrected chi connectivity index (χ1v) is 11.3. The monoisotopic (exact) mass is 423 g/mol. The summed E-state index contributed by atoms with van der Waals surface area (Å²) in [5, 5.41) is 7.27. The van der Waals surface area contributed by atoms with Crippen LogP contribution in [-0.2, 0) is 18.8 Å². The molecule has 0 bridgehead atoms. The van der Waals surface area contributed by atoms with Crippen molar-refractivity contribution < 1.29 is 4.42 Å². The first-order chi connectivity index (χ1) is 13.5. The Hall–Kier alpha value is -1.51. The second kappa shape index (κ2) is 12.1. The topological polar surface area (TPSA) is 58.3 Å². The van der Waals surface area contributed by atoms with Crippen molar-refractivity contribution in [3.05, 3.63) is 41.9 Å². The van der Waals surface area contributed by atoms with Crippen LogP contribution in [0.4, 0.5) is 0 Å². The van der Waals surface area contributed by atoms with Gasteiger partial charge in [-0.15, -0.1) is 0 Å². The molecule has 6 nitrogen and oxygen atoms in total. The Morgan fingerprint density at radius 3 is 2.75 bits per heavy atom. The molecule has 0 saturated carbocycles. The number of hydrogen-bond donors (Lipinski definition) is 2. The van der Waals surface area contributed by atoms with Gasteiger partial charge in [-0.05, 0) is 44.9 Å². The zero-order valence-electron chi connectivity index (χ0n) is 17.4. The maximum absolute atomic E-state index is 5.81. The van der Waals surface area contributed by atoms with Gasteiger partial charge in [0.1, 0.15) is 17.3 Å². The van der Waals surface area contributed by atoms with E-state index in [2.05, 4.69) is 51.1 Å². The Balaban J connectivity index is 1.51. The molecule has 0 spiro atoms. The van der Waals surface area contributed by atoms with Crippen molar-refractivity contribution in [3.63, 3.8) is 0 Å². The summed E-state index contributed by atoms with van der Waals surface area (Å²) >= 11 is 7.19. The lowest BCUT2D eigenvalue weighted by atomic mass is 10.2. The zero-order valence-corrected chi connectivity index (χ0v) is 19.0. The predicted molar refractivity (Wildman–Crippen MR) is 122 cm³/mol. The standard InChI is InChI=1S/C20H33N5OS2/c1-16(2)19-21-9-12-25(19)11-5-8-22-20(27)23-10-13-28-15-18-7-6-17(26-18)14-24(3)4/h6-7,9,12,16H,5,8,10-11,13-15H2,1-4H3,(H2,22,23,27). The quantitative estimate of drug-likeness (QED) is 0.400. The molecule has 0 aliphatic carbocycles. The van der Waals surface area contributed by atoms with Crippen LogP contribution in [0.5, 0.6) is 0 Å². The third-order valence-corrected chi connectivity index (χ3v) is 5.36. The molecule has 2 aromatic heterocycles. The van der Waals surface area contributed by atoms with Crippen LogP contribution in [0.1, 0.15) is 43.5 Å². The lowest BCUT2D eigenvalue weighted by Gasteiger charge is -2.12. The van der Waals surface area contributed by atoms with Crippen molar-refractivity contribution in [2.24, 2.45) is 0 Å². The molecular formula is C20H33N5OS2. The summed E-state index contributed by atoms with van der Waals surface area (Å²) in [6.07, 6.45) is 4.93. The maximum Gasteiger partial charge on any atom is 0.166 e. The van der Waals surface area contributed by atoms with Crippen LogP contribution >= 0.6 is 24.0 Å². The third-order valence-electron chi connectivity index (χ3n) is 4.09. The van der Waals surface area contributed by atoms with Crippen LogP contribution in [0.2, 0.25) is 0 Å². The van der Waals surface area contributed by atoms with Crippen LogP contribution in [0.15, 0.2) is 28.9 Å². The van der Waals surface area contributed by atoms with Crippen LogP contribution in [0.25, 0.3) is 0 Å². The average Bonchev–Trinajstić information content (AvgIpc) is 3.27. The Morgan fingerprint density at radius 1 is 1.25 bits per heavy atom. The average molecular weight is 424 g/mol. The first kappa shape index (κ1) is 22.8. The summed E-state index contributed by atoms with van der Waals surface area (Å²) in [4.78, 5) is 6.52. The molecule has 0 aliphatic heterocycles. The SMILES string of the molecule is CC(C)c1nccn1CCCNC(=S)NCCSCc1ccc(CN(C)C)o1. The molecule has 0 saturated heterocycles. The van der Waals surface area contributed by atoms with E-state index in [-0.39, 0.29) is 0 Å². The highest BCUT2D eigenvalue weighted by Crippen LogP contribution is 2.16. The van der Waals surface area contributed by atoms with Crippen molar-refractivity contribution in [1.82, 2.24) is 25.1 Å². The van der Waals surface area contributed by atoms with Crippen LogP contribution in [0.3, 0.4) is 0 Å². The van der Waals surface area contributed by atoms with E-state index in [1.54, 1.807) is 0 Å². The summed E-state index contributed by atoms with van der Waals surface area (Å²) in [5.74, 6) is 5.51. The number of thioether (sulfide) groups is 1. The van der Waals surface area contributed by atoms with Gasteiger partial charge in [0.25, 0.3) is 0 Å². The number of aryl methyl sites for hydroxylation is 1. The van der Waals surface area contributed by atoms with Gasteiger partial charge < -0.3 is 24.5 Å². The highest BCUT2D eigenvalue weighted by atomic mass is 32.2. The van der Waals surface area contributed by atoms with E-state index in [4.69, 9.17) is 16.6 Å². The zero-order chi connectivity index (χ0) is 20.4. The van der Waals surface area contributed by atoms with E-state index in [1.807, 2.05) is 38.3 Å². The lowest BCUT2D eigenvalue weighted by molar-refractivity contribution is 0.344. The van der Waals surface area contributed by atoms with Crippen LogP contribution < -0.4 is 10.6 Å². The smallest absolute Gasteiger partial charge is 0.166 e. The van der Waals surface area contributed by atoms with E-state index in [9.17, 15) is 0 Å². The molecule has 156 valence electrons. The number of nitrogens with zero attached hydrogens (tertiary/aromatic N) is 3. The molecule has 0 aromatic carbocycles.